The van der Waals surface area contributed by atoms with E-state index < -0.39 is 11.5 Å². The smallest absolute Gasteiger partial charge is 0.328 e. The topological polar surface area (TPSA) is 69.6 Å². The number of piperidine rings is 1. The highest BCUT2D eigenvalue weighted by Crippen LogP contribution is 2.36. The van der Waals surface area contributed by atoms with Crippen LogP contribution in [0.4, 0.5) is 4.79 Å². The predicted molar refractivity (Wildman–Crippen MR) is 71.9 cm³/mol. The molecule has 0 aromatic carbocycles. The third-order valence-electron chi connectivity index (χ3n) is 4.53. The molecule has 2 N–H and O–H groups in total. The van der Waals surface area contributed by atoms with Crippen molar-refractivity contribution >= 4 is 12.0 Å². The molecule has 2 fully saturated rings. The number of urea groups is 1. The van der Waals surface area contributed by atoms with Crippen LogP contribution in [0.1, 0.15) is 46.0 Å². The minimum absolute atomic E-state index is 0.239. The molecule has 0 radical (unpaired) electrons. The number of hydrogen-bond donors (Lipinski definition) is 2. The Hall–Kier alpha value is -1.26. The fraction of sp³-hybridized carbons (Fsp3) is 0.857. The number of carboxylic acid groups (broad SMARTS) is 1. The van der Waals surface area contributed by atoms with Gasteiger partial charge in [0.2, 0.25) is 0 Å². The minimum atomic E-state index is -1.21. The van der Waals surface area contributed by atoms with Crippen molar-refractivity contribution in [3.05, 3.63) is 0 Å². The van der Waals surface area contributed by atoms with E-state index in [9.17, 15) is 9.59 Å². The van der Waals surface area contributed by atoms with E-state index in [0.717, 1.165) is 25.4 Å². The van der Waals surface area contributed by atoms with Crippen molar-refractivity contribution < 1.29 is 14.7 Å². The van der Waals surface area contributed by atoms with Crippen molar-refractivity contribution in [1.29, 1.82) is 0 Å². The summed E-state index contributed by atoms with van der Waals surface area (Å²) in [7, 11) is 0. The second-order valence-corrected chi connectivity index (χ2v) is 6.40. The fourth-order valence-electron chi connectivity index (χ4n) is 3.19. The largest absolute Gasteiger partial charge is 0.480 e. The first-order chi connectivity index (χ1) is 8.90. The molecule has 0 aromatic rings. The average Bonchev–Trinajstić information content (AvgIpc) is 2.37. The molecule has 2 amide bonds. The van der Waals surface area contributed by atoms with Gasteiger partial charge in [0.25, 0.3) is 0 Å². The molecule has 0 spiro atoms. The number of carbonyl (C=O) groups is 2. The monoisotopic (exact) mass is 268 g/mol. The van der Waals surface area contributed by atoms with Crippen LogP contribution in [0.2, 0.25) is 0 Å². The molecule has 108 valence electrons. The molecule has 5 nitrogen and oxygen atoms in total. The zero-order valence-corrected chi connectivity index (χ0v) is 11.8. The highest BCUT2D eigenvalue weighted by Gasteiger charge is 2.36. The third-order valence-corrected chi connectivity index (χ3v) is 4.53. The van der Waals surface area contributed by atoms with Crippen LogP contribution in [-0.2, 0) is 4.79 Å². The number of nitrogens with zero attached hydrogens (tertiary/aromatic N) is 1. The number of likely N-dealkylation sites (tertiary alicyclic amines) is 1. The molecule has 1 saturated heterocycles. The normalized spacial score (nSPS) is 27.6. The van der Waals surface area contributed by atoms with Gasteiger partial charge in [0.15, 0.2) is 0 Å². The SMILES string of the molecule is CC(C)(NC(=O)N1CCC2CCCCC2C1)C(=O)O. The summed E-state index contributed by atoms with van der Waals surface area (Å²) in [6.45, 7) is 4.57. The van der Waals surface area contributed by atoms with Crippen molar-refractivity contribution in [2.24, 2.45) is 11.8 Å². The maximum Gasteiger partial charge on any atom is 0.328 e. The first-order valence-electron chi connectivity index (χ1n) is 7.20. The summed E-state index contributed by atoms with van der Waals surface area (Å²) in [6, 6.07) is -0.239. The van der Waals surface area contributed by atoms with Gasteiger partial charge in [0, 0.05) is 13.1 Å². The lowest BCUT2D eigenvalue weighted by Gasteiger charge is -2.41. The Balaban J connectivity index is 1.92. The van der Waals surface area contributed by atoms with Gasteiger partial charge in [-0.25, -0.2) is 9.59 Å². The number of carboxylic acids is 1. The molecule has 19 heavy (non-hydrogen) atoms. The lowest BCUT2D eigenvalue weighted by atomic mass is 9.75. The Labute approximate surface area is 114 Å². The van der Waals surface area contributed by atoms with Crippen molar-refractivity contribution in [2.75, 3.05) is 13.1 Å². The van der Waals surface area contributed by atoms with E-state index in [-0.39, 0.29) is 6.03 Å². The van der Waals surface area contributed by atoms with E-state index in [1.54, 1.807) is 4.90 Å². The number of aliphatic carboxylic acids is 1. The summed E-state index contributed by atoms with van der Waals surface area (Å²) in [5.41, 5.74) is -1.21. The lowest BCUT2D eigenvalue weighted by Crippen LogP contribution is -2.56. The summed E-state index contributed by atoms with van der Waals surface area (Å²) < 4.78 is 0. The number of rotatable bonds is 2. The van der Waals surface area contributed by atoms with E-state index in [4.69, 9.17) is 5.11 Å². The molecule has 0 aromatic heterocycles. The molecule has 2 aliphatic rings. The van der Waals surface area contributed by atoms with Gasteiger partial charge in [-0.2, -0.15) is 0 Å². The van der Waals surface area contributed by atoms with Crippen LogP contribution in [0.25, 0.3) is 0 Å². The summed E-state index contributed by atoms with van der Waals surface area (Å²) in [5, 5.41) is 11.7. The molecule has 2 rings (SSSR count). The summed E-state index contributed by atoms with van der Waals surface area (Å²) in [6.07, 6.45) is 6.14. The van der Waals surface area contributed by atoms with Crippen molar-refractivity contribution in [3.8, 4) is 0 Å². The second kappa shape index (κ2) is 5.39. The van der Waals surface area contributed by atoms with Crippen LogP contribution in [-0.4, -0.2) is 40.6 Å². The van der Waals surface area contributed by atoms with E-state index >= 15 is 0 Å². The Kier molecular flexibility index (Phi) is 4.02. The van der Waals surface area contributed by atoms with Crippen LogP contribution in [0.5, 0.6) is 0 Å². The first kappa shape index (κ1) is 14.2. The first-order valence-corrected chi connectivity index (χ1v) is 7.20. The Bertz CT molecular complexity index is 368. The predicted octanol–water partition coefficient (Wildman–Crippen LogP) is 2.07. The van der Waals surface area contributed by atoms with Crippen LogP contribution >= 0.6 is 0 Å². The van der Waals surface area contributed by atoms with Gasteiger partial charge >= 0.3 is 12.0 Å². The molecule has 5 heteroatoms. The zero-order chi connectivity index (χ0) is 14.0. The van der Waals surface area contributed by atoms with E-state index in [1.165, 1.54) is 39.5 Å². The zero-order valence-electron chi connectivity index (χ0n) is 11.8. The molecule has 1 heterocycles. The van der Waals surface area contributed by atoms with Crippen molar-refractivity contribution in [2.45, 2.75) is 51.5 Å². The molecule has 1 saturated carbocycles. The third kappa shape index (κ3) is 3.19. The lowest BCUT2D eigenvalue weighted by molar-refractivity contribution is -0.143. The molecule has 1 aliphatic carbocycles. The van der Waals surface area contributed by atoms with E-state index in [0.29, 0.717) is 5.92 Å². The number of carbonyl (C=O) groups excluding carboxylic acids is 1. The number of fused-ring (bicyclic) bond motifs is 1. The summed E-state index contributed by atoms with van der Waals surface area (Å²) >= 11 is 0. The summed E-state index contributed by atoms with van der Waals surface area (Å²) in [4.78, 5) is 25.0. The van der Waals surface area contributed by atoms with Crippen LogP contribution in [0.3, 0.4) is 0 Å². The maximum absolute atomic E-state index is 12.1. The van der Waals surface area contributed by atoms with Crippen molar-refractivity contribution in [1.82, 2.24) is 10.2 Å². The summed E-state index contributed by atoms with van der Waals surface area (Å²) in [5.74, 6) is 0.375. The Morgan fingerprint density at radius 3 is 2.42 bits per heavy atom. The molecule has 2 unspecified atom stereocenters. The molecular weight excluding hydrogens is 244 g/mol. The van der Waals surface area contributed by atoms with E-state index in [1.807, 2.05) is 0 Å². The van der Waals surface area contributed by atoms with E-state index in [2.05, 4.69) is 5.32 Å². The Morgan fingerprint density at radius 1 is 1.16 bits per heavy atom. The highest BCUT2D eigenvalue weighted by molar-refractivity contribution is 5.85. The van der Waals surface area contributed by atoms with Crippen LogP contribution < -0.4 is 5.32 Å². The van der Waals surface area contributed by atoms with Gasteiger partial charge in [0.1, 0.15) is 5.54 Å². The van der Waals surface area contributed by atoms with Crippen LogP contribution in [0.15, 0.2) is 0 Å². The number of amides is 2. The molecule has 2 atom stereocenters. The standard InChI is InChI=1S/C14H24N2O3/c1-14(2,12(17)18)15-13(19)16-8-7-10-5-3-4-6-11(10)9-16/h10-11H,3-9H2,1-2H3,(H,15,19)(H,17,18). The maximum atomic E-state index is 12.1. The fourth-order valence-corrected chi connectivity index (χ4v) is 3.19. The van der Waals surface area contributed by atoms with Gasteiger partial charge in [-0.15, -0.1) is 0 Å². The molecular formula is C14H24N2O3. The van der Waals surface area contributed by atoms with Gasteiger partial charge < -0.3 is 15.3 Å². The van der Waals surface area contributed by atoms with Gasteiger partial charge in [0.05, 0.1) is 0 Å². The Morgan fingerprint density at radius 2 is 1.79 bits per heavy atom. The highest BCUT2D eigenvalue weighted by atomic mass is 16.4. The quantitative estimate of drug-likeness (QED) is 0.805. The minimum Gasteiger partial charge on any atom is -0.480 e. The molecule has 0 bridgehead atoms. The number of nitrogens with one attached hydrogen (secondary N) is 1. The van der Waals surface area contributed by atoms with Gasteiger partial charge in [-0.3, -0.25) is 0 Å². The average molecular weight is 268 g/mol. The van der Waals surface area contributed by atoms with Crippen LogP contribution in [0, 0.1) is 11.8 Å². The van der Waals surface area contributed by atoms with Gasteiger partial charge in [-0.05, 0) is 38.5 Å². The molecule has 1 aliphatic heterocycles. The number of hydrogen-bond acceptors (Lipinski definition) is 2. The second-order valence-electron chi connectivity index (χ2n) is 6.40. The van der Waals surface area contributed by atoms with Crippen molar-refractivity contribution in [3.63, 3.8) is 0 Å². The van der Waals surface area contributed by atoms with Gasteiger partial charge in [-0.1, -0.05) is 19.3 Å².